The van der Waals surface area contributed by atoms with Crippen LogP contribution in [0.25, 0.3) is 6.08 Å². The number of anilines is 1. The van der Waals surface area contributed by atoms with Gasteiger partial charge in [-0.3, -0.25) is 14.4 Å². The van der Waals surface area contributed by atoms with E-state index in [1.165, 1.54) is 11.8 Å². The summed E-state index contributed by atoms with van der Waals surface area (Å²) in [4.78, 5) is 39.5. The molecule has 0 aliphatic rings. The minimum absolute atomic E-state index is 0.0814. The van der Waals surface area contributed by atoms with Gasteiger partial charge in [0.25, 0.3) is 11.8 Å². The number of amides is 2. The first-order chi connectivity index (χ1) is 18.4. The Labute approximate surface area is 230 Å². The summed E-state index contributed by atoms with van der Waals surface area (Å²) in [5.41, 5.74) is 3.38. The third-order valence-electron chi connectivity index (χ3n) is 5.52. The van der Waals surface area contributed by atoms with Crippen LogP contribution in [-0.4, -0.2) is 23.4 Å². The Morgan fingerprint density at radius 2 is 1.58 bits per heavy atom. The molecular formula is C31H25ClN2O3S. The number of thioether (sulfide) groups is 1. The molecule has 4 rings (SSSR count). The molecule has 0 saturated carbocycles. The summed E-state index contributed by atoms with van der Waals surface area (Å²) in [5, 5.41) is 6.03. The smallest absolute Gasteiger partial charge is 0.272 e. The van der Waals surface area contributed by atoms with E-state index in [-0.39, 0.29) is 23.1 Å². The molecule has 2 N–H and O–H groups in total. The lowest BCUT2D eigenvalue weighted by Gasteiger charge is -2.12. The van der Waals surface area contributed by atoms with E-state index >= 15 is 0 Å². The van der Waals surface area contributed by atoms with Crippen LogP contribution in [-0.2, 0) is 4.79 Å². The third-order valence-corrected chi connectivity index (χ3v) is 6.84. The Kier molecular flexibility index (Phi) is 9.14. The number of carbonyl (C=O) groups excluding carboxylic acids is 3. The van der Waals surface area contributed by atoms with E-state index in [9.17, 15) is 14.4 Å². The highest BCUT2D eigenvalue weighted by molar-refractivity contribution is 8.00. The number of nitrogens with one attached hydrogen (secondary N) is 2. The average molecular weight is 541 g/mol. The highest BCUT2D eigenvalue weighted by Crippen LogP contribution is 2.25. The number of benzene rings is 4. The molecule has 7 heteroatoms. The second-order valence-electron chi connectivity index (χ2n) is 8.47. The number of aryl methyl sites for hydroxylation is 1. The van der Waals surface area contributed by atoms with E-state index in [1.54, 1.807) is 72.8 Å². The molecule has 190 valence electrons. The van der Waals surface area contributed by atoms with Gasteiger partial charge in [0, 0.05) is 21.7 Å². The number of rotatable bonds is 9. The number of ketones is 1. The summed E-state index contributed by atoms with van der Waals surface area (Å²) >= 11 is 7.49. The lowest BCUT2D eigenvalue weighted by atomic mass is 10.1. The van der Waals surface area contributed by atoms with Crippen molar-refractivity contribution in [2.45, 2.75) is 11.8 Å². The predicted octanol–water partition coefficient (Wildman–Crippen LogP) is 7.03. The summed E-state index contributed by atoms with van der Waals surface area (Å²) in [6, 6.07) is 30.5. The van der Waals surface area contributed by atoms with Gasteiger partial charge in [-0.15, -0.1) is 11.8 Å². The maximum atomic E-state index is 13.3. The molecule has 0 heterocycles. The zero-order valence-corrected chi connectivity index (χ0v) is 22.2. The van der Waals surface area contributed by atoms with Crippen LogP contribution >= 0.6 is 23.4 Å². The topological polar surface area (TPSA) is 75.3 Å². The van der Waals surface area contributed by atoms with Crippen molar-refractivity contribution in [3.63, 3.8) is 0 Å². The minimum Gasteiger partial charge on any atom is -0.321 e. The first-order valence-electron chi connectivity index (χ1n) is 11.9. The van der Waals surface area contributed by atoms with Crippen LogP contribution in [0.5, 0.6) is 0 Å². The van der Waals surface area contributed by atoms with Crippen LogP contribution in [0.2, 0.25) is 5.02 Å². The largest absolute Gasteiger partial charge is 0.321 e. The molecular weight excluding hydrogens is 516 g/mol. The van der Waals surface area contributed by atoms with Gasteiger partial charge in [-0.2, -0.15) is 0 Å². The molecule has 2 amide bonds. The monoisotopic (exact) mass is 540 g/mol. The van der Waals surface area contributed by atoms with Crippen LogP contribution < -0.4 is 10.6 Å². The molecule has 0 radical (unpaired) electrons. The summed E-state index contributed by atoms with van der Waals surface area (Å²) in [6.07, 6.45) is 1.64. The fourth-order valence-corrected chi connectivity index (χ4v) is 4.72. The van der Waals surface area contributed by atoms with E-state index in [1.807, 2.05) is 43.3 Å². The molecule has 38 heavy (non-hydrogen) atoms. The fraction of sp³-hybridized carbons (Fsp3) is 0.0645. The van der Waals surface area contributed by atoms with Crippen molar-refractivity contribution in [3.8, 4) is 0 Å². The number of hydrogen-bond donors (Lipinski definition) is 2. The fourth-order valence-electron chi connectivity index (χ4n) is 3.65. The van der Waals surface area contributed by atoms with Gasteiger partial charge in [0.15, 0.2) is 5.78 Å². The highest BCUT2D eigenvalue weighted by atomic mass is 35.5. The van der Waals surface area contributed by atoms with Gasteiger partial charge in [0.2, 0.25) is 0 Å². The lowest BCUT2D eigenvalue weighted by Crippen LogP contribution is -2.30. The van der Waals surface area contributed by atoms with E-state index < -0.39 is 5.91 Å². The zero-order valence-electron chi connectivity index (χ0n) is 20.6. The molecule has 5 nitrogen and oxygen atoms in total. The molecule has 0 bridgehead atoms. The van der Waals surface area contributed by atoms with Gasteiger partial charge in [0.1, 0.15) is 5.70 Å². The molecule has 0 fully saturated rings. The normalized spacial score (nSPS) is 11.1. The number of Topliss-reactive ketones (excluding diaryl/α,β-unsaturated/α-hetero) is 1. The highest BCUT2D eigenvalue weighted by Gasteiger charge is 2.16. The average Bonchev–Trinajstić information content (AvgIpc) is 2.92. The van der Waals surface area contributed by atoms with Crippen molar-refractivity contribution < 1.29 is 14.4 Å². The summed E-state index contributed by atoms with van der Waals surface area (Å²) in [6.45, 7) is 1.96. The van der Waals surface area contributed by atoms with Crippen LogP contribution in [0.1, 0.15) is 31.8 Å². The first kappa shape index (κ1) is 26.9. The Bertz CT molecular complexity index is 1500. The maximum absolute atomic E-state index is 13.3. The van der Waals surface area contributed by atoms with Crippen molar-refractivity contribution in [2.75, 3.05) is 11.1 Å². The molecule has 4 aromatic carbocycles. The van der Waals surface area contributed by atoms with E-state index in [2.05, 4.69) is 10.6 Å². The van der Waals surface area contributed by atoms with E-state index in [0.29, 0.717) is 21.8 Å². The Morgan fingerprint density at radius 1 is 0.842 bits per heavy atom. The van der Waals surface area contributed by atoms with Crippen molar-refractivity contribution in [1.29, 1.82) is 0 Å². The number of halogens is 1. The van der Waals surface area contributed by atoms with Crippen LogP contribution in [0.3, 0.4) is 0 Å². The van der Waals surface area contributed by atoms with Crippen molar-refractivity contribution in [3.05, 3.63) is 136 Å². The standard InChI is InChI=1S/C31H25ClN2O3S/c1-21-9-7-10-22(17-21)18-28(34-30(36)23-11-3-2-4-12-23)31(37)33-24-13-8-14-25(19-24)38-20-29(35)26-15-5-6-16-27(26)32/h2-19H,20H2,1H3,(H,33,37)(H,34,36)/b28-18-. The maximum Gasteiger partial charge on any atom is 0.272 e. The van der Waals surface area contributed by atoms with Gasteiger partial charge >= 0.3 is 0 Å². The molecule has 0 aromatic heterocycles. The van der Waals surface area contributed by atoms with Gasteiger partial charge in [-0.25, -0.2) is 0 Å². The van der Waals surface area contributed by atoms with Crippen LogP contribution in [0, 0.1) is 6.92 Å². The summed E-state index contributed by atoms with van der Waals surface area (Å²) < 4.78 is 0. The molecule has 0 aliphatic carbocycles. The van der Waals surface area contributed by atoms with Crippen molar-refractivity contribution in [2.24, 2.45) is 0 Å². The SMILES string of the molecule is Cc1cccc(/C=C(\NC(=O)c2ccccc2)C(=O)Nc2cccc(SCC(=O)c3ccccc3Cl)c2)c1. The Hall–Kier alpha value is -4.13. The van der Waals surface area contributed by atoms with Gasteiger partial charge in [-0.05, 0) is 61.0 Å². The lowest BCUT2D eigenvalue weighted by molar-refractivity contribution is -0.113. The van der Waals surface area contributed by atoms with Crippen molar-refractivity contribution in [1.82, 2.24) is 5.32 Å². The molecule has 0 unspecified atom stereocenters. The predicted molar refractivity (Wildman–Crippen MR) is 155 cm³/mol. The van der Waals surface area contributed by atoms with Crippen LogP contribution in [0.15, 0.2) is 114 Å². The first-order valence-corrected chi connectivity index (χ1v) is 13.2. The quantitative estimate of drug-likeness (QED) is 0.136. The number of hydrogen-bond acceptors (Lipinski definition) is 4. The van der Waals surface area contributed by atoms with Crippen LogP contribution in [0.4, 0.5) is 5.69 Å². The zero-order chi connectivity index (χ0) is 26.9. The number of carbonyl (C=O) groups is 3. The second kappa shape index (κ2) is 12.9. The Balaban J connectivity index is 1.50. The third kappa shape index (κ3) is 7.44. The van der Waals surface area contributed by atoms with E-state index in [4.69, 9.17) is 11.6 Å². The molecule has 0 saturated heterocycles. The van der Waals surface area contributed by atoms with Crippen molar-refractivity contribution >= 4 is 52.7 Å². The van der Waals surface area contributed by atoms with Gasteiger partial charge in [-0.1, -0.05) is 77.8 Å². The van der Waals surface area contributed by atoms with Gasteiger partial charge < -0.3 is 10.6 Å². The minimum atomic E-state index is -0.468. The molecule has 0 aliphatic heterocycles. The van der Waals surface area contributed by atoms with Gasteiger partial charge in [0.05, 0.1) is 10.8 Å². The molecule has 0 atom stereocenters. The van der Waals surface area contributed by atoms with E-state index in [0.717, 1.165) is 16.0 Å². The molecule has 0 spiro atoms. The summed E-state index contributed by atoms with van der Waals surface area (Å²) in [5.74, 6) is -0.735. The Morgan fingerprint density at radius 3 is 2.34 bits per heavy atom. The second-order valence-corrected chi connectivity index (χ2v) is 9.92. The molecule has 4 aromatic rings. The summed E-state index contributed by atoms with van der Waals surface area (Å²) in [7, 11) is 0.